The maximum atomic E-state index is 13.6. The highest BCUT2D eigenvalue weighted by molar-refractivity contribution is 7.15. The molecule has 0 bridgehead atoms. The largest absolute Gasteiger partial charge is 0.481 e. The molecule has 1 aromatic carbocycles. The summed E-state index contributed by atoms with van der Waals surface area (Å²) in [6.45, 7) is 1.78. The average molecular weight is 251 g/mol. The third kappa shape index (κ3) is 2.50. The van der Waals surface area contributed by atoms with Gasteiger partial charge in [-0.2, -0.15) is 0 Å². The van der Waals surface area contributed by atoms with Gasteiger partial charge in [-0.25, -0.2) is 9.37 Å². The van der Waals surface area contributed by atoms with Gasteiger partial charge >= 0.3 is 5.97 Å². The molecule has 0 amide bonds. The van der Waals surface area contributed by atoms with Crippen LogP contribution in [0.1, 0.15) is 10.7 Å². The lowest BCUT2D eigenvalue weighted by Gasteiger charge is -2.01. The molecule has 0 unspecified atom stereocenters. The van der Waals surface area contributed by atoms with Crippen LogP contribution in [0.5, 0.6) is 0 Å². The number of carbonyl (C=O) groups is 1. The van der Waals surface area contributed by atoms with Gasteiger partial charge in [0.15, 0.2) is 0 Å². The molecular formula is C12H10FNO2S. The Hall–Kier alpha value is -1.75. The number of hydrogen-bond donors (Lipinski definition) is 1. The van der Waals surface area contributed by atoms with Crippen LogP contribution in [0, 0.1) is 12.7 Å². The lowest BCUT2D eigenvalue weighted by atomic mass is 10.1. The van der Waals surface area contributed by atoms with E-state index in [9.17, 15) is 9.18 Å². The Morgan fingerprint density at radius 3 is 2.82 bits per heavy atom. The van der Waals surface area contributed by atoms with Crippen molar-refractivity contribution >= 4 is 17.3 Å². The molecule has 0 atom stereocenters. The topological polar surface area (TPSA) is 50.2 Å². The first-order valence-electron chi connectivity index (χ1n) is 5.01. The molecule has 2 rings (SSSR count). The highest BCUT2D eigenvalue weighted by Crippen LogP contribution is 2.32. The molecule has 1 aromatic heterocycles. The summed E-state index contributed by atoms with van der Waals surface area (Å²) >= 11 is 1.31. The number of nitrogens with zero attached hydrogens (tertiary/aromatic N) is 1. The zero-order chi connectivity index (χ0) is 12.4. The van der Waals surface area contributed by atoms with Crippen molar-refractivity contribution in [2.75, 3.05) is 0 Å². The number of thiazole rings is 1. The van der Waals surface area contributed by atoms with Gasteiger partial charge in [0, 0.05) is 5.56 Å². The smallest absolute Gasteiger partial charge is 0.309 e. The maximum absolute atomic E-state index is 13.6. The summed E-state index contributed by atoms with van der Waals surface area (Å²) in [5, 5.41) is 9.52. The van der Waals surface area contributed by atoms with Crippen LogP contribution in [0.2, 0.25) is 0 Å². The summed E-state index contributed by atoms with van der Waals surface area (Å²) in [5.74, 6) is -1.32. The second kappa shape index (κ2) is 4.63. The molecule has 0 aliphatic heterocycles. The number of halogens is 1. The minimum absolute atomic E-state index is 0.187. The Morgan fingerprint density at radius 2 is 2.18 bits per heavy atom. The van der Waals surface area contributed by atoms with Gasteiger partial charge in [-0.05, 0) is 13.0 Å². The van der Waals surface area contributed by atoms with Gasteiger partial charge in [0.2, 0.25) is 0 Å². The van der Waals surface area contributed by atoms with E-state index in [2.05, 4.69) is 4.98 Å². The van der Waals surface area contributed by atoms with E-state index in [-0.39, 0.29) is 12.2 Å². The first-order valence-corrected chi connectivity index (χ1v) is 5.82. The molecule has 1 N–H and O–H groups in total. The summed E-state index contributed by atoms with van der Waals surface area (Å²) in [4.78, 5) is 15.5. The van der Waals surface area contributed by atoms with Gasteiger partial charge in [0.05, 0.1) is 22.0 Å². The monoisotopic (exact) mass is 251 g/mol. The molecule has 0 fully saturated rings. The van der Waals surface area contributed by atoms with Crippen LogP contribution in [-0.2, 0) is 11.2 Å². The fourth-order valence-electron chi connectivity index (χ4n) is 1.59. The Balaban J connectivity index is 2.51. The SMILES string of the molecule is Cc1nc(CC(=O)O)c(-c2ccccc2F)s1. The van der Waals surface area contributed by atoms with E-state index in [1.54, 1.807) is 25.1 Å². The highest BCUT2D eigenvalue weighted by Gasteiger charge is 2.16. The van der Waals surface area contributed by atoms with Crippen LogP contribution in [0.4, 0.5) is 4.39 Å². The minimum Gasteiger partial charge on any atom is -0.481 e. The maximum Gasteiger partial charge on any atom is 0.309 e. The number of hydrogen-bond acceptors (Lipinski definition) is 3. The molecule has 0 radical (unpaired) electrons. The molecule has 0 saturated carbocycles. The molecule has 0 aliphatic rings. The number of rotatable bonds is 3. The van der Waals surface area contributed by atoms with Crippen molar-refractivity contribution in [1.82, 2.24) is 4.98 Å². The number of aryl methyl sites for hydroxylation is 1. The third-order valence-electron chi connectivity index (χ3n) is 2.24. The summed E-state index contributed by atoms with van der Waals surface area (Å²) in [5.41, 5.74) is 0.833. The van der Waals surface area contributed by atoms with E-state index in [4.69, 9.17) is 5.11 Å². The van der Waals surface area contributed by atoms with Crippen LogP contribution in [-0.4, -0.2) is 16.1 Å². The molecule has 17 heavy (non-hydrogen) atoms. The van der Waals surface area contributed by atoms with Crippen LogP contribution in [0.25, 0.3) is 10.4 Å². The van der Waals surface area contributed by atoms with E-state index < -0.39 is 5.97 Å². The number of benzene rings is 1. The van der Waals surface area contributed by atoms with Crippen molar-refractivity contribution in [2.24, 2.45) is 0 Å². The predicted octanol–water partition coefficient (Wildman–Crippen LogP) is 2.88. The fourth-order valence-corrected chi connectivity index (χ4v) is 2.55. The molecule has 0 saturated heterocycles. The molecule has 3 nitrogen and oxygen atoms in total. The Kier molecular flexibility index (Phi) is 3.19. The molecule has 5 heteroatoms. The van der Waals surface area contributed by atoms with Crippen molar-refractivity contribution in [3.63, 3.8) is 0 Å². The second-order valence-electron chi connectivity index (χ2n) is 3.56. The number of carboxylic acids is 1. The lowest BCUT2D eigenvalue weighted by molar-refractivity contribution is -0.136. The Morgan fingerprint density at radius 1 is 1.47 bits per heavy atom. The van der Waals surface area contributed by atoms with Gasteiger partial charge in [-0.3, -0.25) is 4.79 Å². The molecule has 2 aromatic rings. The highest BCUT2D eigenvalue weighted by atomic mass is 32.1. The van der Waals surface area contributed by atoms with Gasteiger partial charge in [0.25, 0.3) is 0 Å². The summed E-state index contributed by atoms with van der Waals surface area (Å²) in [7, 11) is 0. The van der Waals surface area contributed by atoms with Crippen molar-refractivity contribution in [1.29, 1.82) is 0 Å². The van der Waals surface area contributed by atoms with Gasteiger partial charge < -0.3 is 5.11 Å². The van der Waals surface area contributed by atoms with Gasteiger partial charge in [-0.1, -0.05) is 18.2 Å². The average Bonchev–Trinajstić information content (AvgIpc) is 2.59. The Bertz CT molecular complexity index is 565. The van der Waals surface area contributed by atoms with E-state index in [1.807, 2.05) is 0 Å². The van der Waals surface area contributed by atoms with Crippen molar-refractivity contribution < 1.29 is 14.3 Å². The molecule has 1 heterocycles. The van der Waals surface area contributed by atoms with Gasteiger partial charge in [0.1, 0.15) is 5.82 Å². The van der Waals surface area contributed by atoms with Crippen LogP contribution in [0.15, 0.2) is 24.3 Å². The minimum atomic E-state index is -0.965. The lowest BCUT2D eigenvalue weighted by Crippen LogP contribution is -2.02. The molecule has 0 spiro atoms. The quantitative estimate of drug-likeness (QED) is 0.912. The first kappa shape index (κ1) is 11.7. The first-order chi connectivity index (χ1) is 8.08. The van der Waals surface area contributed by atoms with E-state index in [0.717, 1.165) is 5.01 Å². The van der Waals surface area contributed by atoms with Crippen molar-refractivity contribution in [2.45, 2.75) is 13.3 Å². The van der Waals surface area contributed by atoms with Crippen molar-refractivity contribution in [3.8, 4) is 10.4 Å². The number of aromatic nitrogens is 1. The molecule has 0 aliphatic carbocycles. The fraction of sp³-hybridized carbons (Fsp3) is 0.167. The van der Waals surface area contributed by atoms with Crippen LogP contribution in [0.3, 0.4) is 0 Å². The second-order valence-corrected chi connectivity index (χ2v) is 4.76. The van der Waals surface area contributed by atoms with E-state index in [1.165, 1.54) is 17.4 Å². The molecular weight excluding hydrogens is 241 g/mol. The normalized spacial score (nSPS) is 10.5. The standard InChI is InChI=1S/C12H10FNO2S/c1-7-14-10(6-11(15)16)12(17-7)8-4-2-3-5-9(8)13/h2-5H,6H2,1H3,(H,15,16). The zero-order valence-electron chi connectivity index (χ0n) is 9.11. The van der Waals surface area contributed by atoms with Crippen molar-refractivity contribution in [3.05, 3.63) is 40.8 Å². The van der Waals surface area contributed by atoms with Crippen LogP contribution < -0.4 is 0 Å². The number of carboxylic acid groups (broad SMARTS) is 1. The zero-order valence-corrected chi connectivity index (χ0v) is 9.92. The van der Waals surface area contributed by atoms with E-state index in [0.29, 0.717) is 16.1 Å². The summed E-state index contributed by atoms with van der Waals surface area (Å²) in [6, 6.07) is 6.31. The van der Waals surface area contributed by atoms with E-state index >= 15 is 0 Å². The predicted molar refractivity (Wildman–Crippen MR) is 63.6 cm³/mol. The molecule has 88 valence electrons. The summed E-state index contributed by atoms with van der Waals surface area (Å²) < 4.78 is 13.6. The van der Waals surface area contributed by atoms with Crippen LogP contribution >= 0.6 is 11.3 Å². The number of aliphatic carboxylic acids is 1. The Labute approximate surface area is 102 Å². The summed E-state index contributed by atoms with van der Waals surface area (Å²) in [6.07, 6.45) is -0.187. The van der Waals surface area contributed by atoms with Gasteiger partial charge in [-0.15, -0.1) is 11.3 Å². The third-order valence-corrected chi connectivity index (χ3v) is 3.29.